The highest BCUT2D eigenvalue weighted by atomic mass is 32.1. The van der Waals surface area contributed by atoms with Crippen molar-refractivity contribution in [3.63, 3.8) is 0 Å². The average molecular weight is 234 g/mol. The second-order valence-corrected chi connectivity index (χ2v) is 4.23. The molecule has 0 unspecified atom stereocenters. The molecule has 0 amide bonds. The number of pyridine rings is 1. The number of carbonyl (C=O) groups excluding carboxylic acids is 1. The number of rotatable bonds is 3. The van der Waals surface area contributed by atoms with Gasteiger partial charge in [-0.1, -0.05) is 18.3 Å². The maximum atomic E-state index is 12.1. The molecule has 82 valence electrons. The molecule has 2 heterocycles. The minimum absolute atomic E-state index is 0.145. The number of thiazole rings is 1. The third-order valence-corrected chi connectivity index (χ3v) is 3.13. The Kier molecular flexibility index (Phi) is 2.96. The normalized spacial score (nSPS) is 10.3. The molecule has 0 saturated carbocycles. The van der Waals surface area contributed by atoms with Crippen LogP contribution >= 0.6 is 11.3 Å². The van der Waals surface area contributed by atoms with Crippen molar-refractivity contribution in [2.45, 2.75) is 13.3 Å². The summed E-state index contributed by atoms with van der Waals surface area (Å²) >= 11 is 0.953. The molecule has 4 nitrogen and oxygen atoms in total. The Hall–Kier alpha value is -1.75. The summed E-state index contributed by atoms with van der Waals surface area (Å²) in [5.41, 5.74) is 1.20. The molecular formula is C11H10N2O2S. The molecule has 1 N–H and O–H groups in total. The van der Waals surface area contributed by atoms with Crippen molar-refractivity contribution in [2.75, 3.05) is 0 Å². The van der Waals surface area contributed by atoms with Gasteiger partial charge in [-0.3, -0.25) is 14.6 Å². The van der Waals surface area contributed by atoms with Crippen LogP contribution in [0.1, 0.15) is 27.9 Å². The summed E-state index contributed by atoms with van der Waals surface area (Å²) in [6.45, 7) is 1.90. The van der Waals surface area contributed by atoms with E-state index in [2.05, 4.69) is 9.97 Å². The lowest BCUT2D eigenvalue weighted by molar-refractivity contribution is 0.104. The zero-order chi connectivity index (χ0) is 11.5. The van der Waals surface area contributed by atoms with Gasteiger partial charge in [-0.05, 0) is 18.6 Å². The van der Waals surface area contributed by atoms with Crippen LogP contribution < -0.4 is 4.87 Å². The number of aryl methyl sites for hydroxylation is 1. The van der Waals surface area contributed by atoms with Crippen LogP contribution in [0.4, 0.5) is 0 Å². The molecule has 0 aliphatic carbocycles. The molecule has 0 aromatic carbocycles. The number of hydrogen-bond donors (Lipinski definition) is 1. The van der Waals surface area contributed by atoms with E-state index >= 15 is 0 Å². The van der Waals surface area contributed by atoms with E-state index in [9.17, 15) is 9.59 Å². The van der Waals surface area contributed by atoms with Crippen LogP contribution in [0.3, 0.4) is 0 Å². The summed E-state index contributed by atoms with van der Waals surface area (Å²) in [7, 11) is 0. The fourth-order valence-electron chi connectivity index (χ4n) is 1.42. The molecular weight excluding hydrogens is 224 g/mol. The van der Waals surface area contributed by atoms with Crippen LogP contribution in [-0.2, 0) is 6.42 Å². The minimum Gasteiger partial charge on any atom is -0.316 e. The second-order valence-electron chi connectivity index (χ2n) is 3.25. The zero-order valence-electron chi connectivity index (χ0n) is 8.69. The second kappa shape index (κ2) is 4.40. The summed E-state index contributed by atoms with van der Waals surface area (Å²) in [5.74, 6) is -0.145. The molecule has 2 rings (SSSR count). The number of aromatic nitrogens is 2. The Bertz CT molecular complexity index is 557. The number of ketones is 1. The molecule has 2 aromatic rings. The number of aromatic amines is 1. The summed E-state index contributed by atoms with van der Waals surface area (Å²) in [4.78, 5) is 30.1. The first-order valence-corrected chi connectivity index (χ1v) is 5.70. The molecule has 16 heavy (non-hydrogen) atoms. The lowest BCUT2D eigenvalue weighted by Crippen LogP contribution is -2.02. The number of nitrogens with zero attached hydrogens (tertiary/aromatic N) is 1. The molecule has 0 atom stereocenters. The van der Waals surface area contributed by atoms with Gasteiger partial charge < -0.3 is 4.98 Å². The number of H-pyrrole nitrogens is 1. The summed E-state index contributed by atoms with van der Waals surface area (Å²) in [6.07, 6.45) is 3.75. The predicted molar refractivity (Wildman–Crippen MR) is 62.0 cm³/mol. The molecule has 2 aromatic heterocycles. The van der Waals surface area contributed by atoms with Crippen LogP contribution in [0.2, 0.25) is 0 Å². The molecule has 0 spiro atoms. The summed E-state index contributed by atoms with van der Waals surface area (Å²) in [6, 6.07) is 3.40. The van der Waals surface area contributed by atoms with Crippen LogP contribution in [0.15, 0.2) is 29.3 Å². The van der Waals surface area contributed by atoms with Crippen molar-refractivity contribution in [2.24, 2.45) is 0 Å². The monoisotopic (exact) mass is 234 g/mol. The van der Waals surface area contributed by atoms with Crippen molar-refractivity contribution in [3.05, 3.63) is 50.3 Å². The van der Waals surface area contributed by atoms with Gasteiger partial charge >= 0.3 is 4.87 Å². The lowest BCUT2D eigenvalue weighted by atomic mass is 10.1. The van der Waals surface area contributed by atoms with Crippen molar-refractivity contribution < 1.29 is 4.79 Å². The van der Waals surface area contributed by atoms with Gasteiger partial charge in [0.15, 0.2) is 0 Å². The highest BCUT2D eigenvalue weighted by Gasteiger charge is 2.16. The first-order chi connectivity index (χ1) is 7.72. The fraction of sp³-hybridized carbons (Fsp3) is 0.182. The first kappa shape index (κ1) is 10.8. The van der Waals surface area contributed by atoms with Crippen LogP contribution in [0.25, 0.3) is 0 Å². The van der Waals surface area contributed by atoms with Gasteiger partial charge in [-0.15, -0.1) is 0 Å². The Morgan fingerprint density at radius 1 is 1.56 bits per heavy atom. The summed E-state index contributed by atoms with van der Waals surface area (Å²) < 4.78 is 0. The molecule has 0 radical (unpaired) electrons. The maximum absolute atomic E-state index is 12.1. The van der Waals surface area contributed by atoms with Crippen molar-refractivity contribution in [3.8, 4) is 0 Å². The molecule has 5 heteroatoms. The van der Waals surface area contributed by atoms with Gasteiger partial charge in [-0.25, -0.2) is 0 Å². The third kappa shape index (κ3) is 1.94. The quantitative estimate of drug-likeness (QED) is 0.821. The molecule has 0 aliphatic rings. The van der Waals surface area contributed by atoms with Gasteiger partial charge in [-0.2, -0.15) is 0 Å². The Balaban J connectivity index is 2.45. The molecule has 0 fully saturated rings. The molecule has 0 saturated heterocycles. The topological polar surface area (TPSA) is 62.8 Å². The number of carbonyl (C=O) groups is 1. The predicted octanol–water partition coefficient (Wildman–Crippen LogP) is 1.62. The van der Waals surface area contributed by atoms with Crippen LogP contribution in [0, 0.1) is 0 Å². The first-order valence-electron chi connectivity index (χ1n) is 4.89. The lowest BCUT2D eigenvalue weighted by Gasteiger charge is -1.98. The van der Waals surface area contributed by atoms with E-state index in [1.54, 1.807) is 18.3 Å². The highest BCUT2D eigenvalue weighted by molar-refractivity contribution is 7.11. The Morgan fingerprint density at radius 3 is 3.00 bits per heavy atom. The number of hydrogen-bond acceptors (Lipinski definition) is 4. The Morgan fingerprint density at radius 2 is 2.38 bits per heavy atom. The van der Waals surface area contributed by atoms with Gasteiger partial charge in [0, 0.05) is 23.7 Å². The minimum atomic E-state index is -0.191. The van der Waals surface area contributed by atoms with E-state index in [1.165, 1.54) is 6.20 Å². The van der Waals surface area contributed by atoms with Crippen LogP contribution in [0.5, 0.6) is 0 Å². The third-order valence-electron chi connectivity index (χ3n) is 2.21. The van der Waals surface area contributed by atoms with E-state index < -0.39 is 0 Å². The van der Waals surface area contributed by atoms with E-state index in [1.807, 2.05) is 6.92 Å². The fourth-order valence-corrected chi connectivity index (χ4v) is 2.31. The summed E-state index contributed by atoms with van der Waals surface area (Å²) in [5, 5.41) is 0. The van der Waals surface area contributed by atoms with Crippen molar-refractivity contribution >= 4 is 17.1 Å². The Labute approximate surface area is 96.0 Å². The largest absolute Gasteiger partial charge is 0.316 e. The van der Waals surface area contributed by atoms with Gasteiger partial charge in [0.2, 0.25) is 5.78 Å². The van der Waals surface area contributed by atoms with E-state index in [-0.39, 0.29) is 10.7 Å². The molecule has 0 aliphatic heterocycles. The average Bonchev–Trinajstić information content (AvgIpc) is 2.70. The SMILES string of the molecule is CCc1[nH]c(=O)sc1C(=O)c1cccnc1. The van der Waals surface area contributed by atoms with Crippen molar-refractivity contribution in [1.29, 1.82) is 0 Å². The number of nitrogens with one attached hydrogen (secondary N) is 1. The standard InChI is InChI=1S/C11H10N2O2S/c1-2-8-10(16-11(15)13-8)9(14)7-4-3-5-12-6-7/h3-6H,2H2,1H3,(H,13,15). The maximum Gasteiger partial charge on any atom is 0.305 e. The van der Waals surface area contributed by atoms with Gasteiger partial charge in [0.05, 0.1) is 4.88 Å². The molecule has 0 bridgehead atoms. The van der Waals surface area contributed by atoms with E-state index in [4.69, 9.17) is 0 Å². The van der Waals surface area contributed by atoms with Gasteiger partial charge in [0.25, 0.3) is 0 Å². The van der Waals surface area contributed by atoms with E-state index in [0.717, 1.165) is 11.3 Å². The van der Waals surface area contributed by atoms with Gasteiger partial charge in [0.1, 0.15) is 0 Å². The smallest absolute Gasteiger partial charge is 0.305 e. The van der Waals surface area contributed by atoms with Crippen molar-refractivity contribution in [1.82, 2.24) is 9.97 Å². The zero-order valence-corrected chi connectivity index (χ0v) is 9.50. The van der Waals surface area contributed by atoms with E-state index in [0.29, 0.717) is 22.6 Å². The van der Waals surface area contributed by atoms with Crippen LogP contribution in [-0.4, -0.2) is 15.8 Å². The highest BCUT2D eigenvalue weighted by Crippen LogP contribution is 2.15.